The van der Waals surface area contributed by atoms with E-state index in [9.17, 15) is 4.79 Å². The van der Waals surface area contributed by atoms with Gasteiger partial charge >= 0.3 is 0 Å². The van der Waals surface area contributed by atoms with Crippen LogP contribution in [0.1, 0.15) is 31.2 Å². The average molecular weight is 301 g/mol. The Kier molecular flexibility index (Phi) is 5.83. The minimum absolute atomic E-state index is 0.590. The monoisotopic (exact) mass is 301 g/mol. The van der Waals surface area contributed by atoms with Crippen molar-refractivity contribution in [2.24, 2.45) is 0 Å². The number of unbranched alkanes of at least 4 members (excludes halogenated alkanes) is 3. The van der Waals surface area contributed by atoms with Crippen molar-refractivity contribution in [3.8, 4) is 0 Å². The molecule has 0 saturated carbocycles. The van der Waals surface area contributed by atoms with Crippen molar-refractivity contribution in [3.63, 3.8) is 0 Å². The van der Waals surface area contributed by atoms with Gasteiger partial charge in [0.2, 0.25) is 0 Å². The summed E-state index contributed by atoms with van der Waals surface area (Å²) >= 11 is 2.31. The van der Waals surface area contributed by atoms with Crippen LogP contribution in [0.15, 0.2) is 24.3 Å². The maximum Gasteiger partial charge on any atom is 0.198 e. The Morgan fingerprint density at radius 2 is 1.79 bits per heavy atom. The summed E-state index contributed by atoms with van der Waals surface area (Å²) in [7, 11) is 0. The number of benzene rings is 1. The quantitative estimate of drug-likeness (QED) is 0.580. The SMILES string of the molecule is O=[C]CCCCCc1ccc(I)cc1. The molecule has 0 bridgehead atoms. The van der Waals surface area contributed by atoms with E-state index in [0.717, 1.165) is 19.3 Å². The fourth-order valence-electron chi connectivity index (χ4n) is 1.35. The minimum Gasteiger partial charge on any atom is -0.291 e. The summed E-state index contributed by atoms with van der Waals surface area (Å²) in [5.41, 5.74) is 1.39. The molecule has 14 heavy (non-hydrogen) atoms. The lowest BCUT2D eigenvalue weighted by atomic mass is 10.1. The molecule has 0 atom stereocenters. The molecule has 0 aliphatic rings. The van der Waals surface area contributed by atoms with Crippen molar-refractivity contribution < 1.29 is 4.79 Å². The first-order valence-electron chi connectivity index (χ1n) is 4.92. The molecule has 2 heteroatoms. The third-order valence-corrected chi connectivity index (χ3v) is 2.88. The maximum absolute atomic E-state index is 9.95. The molecular weight excluding hydrogens is 287 g/mol. The van der Waals surface area contributed by atoms with E-state index < -0.39 is 0 Å². The molecule has 0 amide bonds. The van der Waals surface area contributed by atoms with Gasteiger partial charge in [-0.15, -0.1) is 0 Å². The van der Waals surface area contributed by atoms with Crippen LogP contribution >= 0.6 is 22.6 Å². The number of aryl methyl sites for hydroxylation is 1. The van der Waals surface area contributed by atoms with Crippen LogP contribution < -0.4 is 0 Å². The normalized spacial score (nSPS) is 10.1. The Balaban J connectivity index is 2.18. The molecule has 0 aliphatic carbocycles. The van der Waals surface area contributed by atoms with Gasteiger partial charge in [-0.05, 0) is 59.5 Å². The van der Waals surface area contributed by atoms with Crippen LogP contribution in [0, 0.1) is 3.57 Å². The summed E-state index contributed by atoms with van der Waals surface area (Å²) in [4.78, 5) is 9.95. The van der Waals surface area contributed by atoms with E-state index in [1.807, 2.05) is 6.29 Å². The molecule has 75 valence electrons. The highest BCUT2D eigenvalue weighted by atomic mass is 127. The van der Waals surface area contributed by atoms with Gasteiger partial charge in [-0.3, -0.25) is 4.79 Å². The molecule has 1 radical (unpaired) electrons. The standard InChI is InChI=1S/C12H14IO/c13-12-8-6-11(7-9-12)5-3-1-2-4-10-14/h6-9H,1-5H2. The number of carbonyl (C=O) groups excluding carboxylic acids is 1. The minimum atomic E-state index is 0.590. The summed E-state index contributed by atoms with van der Waals surface area (Å²) in [6.07, 6.45) is 6.91. The van der Waals surface area contributed by atoms with E-state index in [-0.39, 0.29) is 0 Å². The Hall–Kier alpha value is -0.380. The van der Waals surface area contributed by atoms with Gasteiger partial charge in [-0.25, -0.2) is 0 Å². The largest absolute Gasteiger partial charge is 0.291 e. The molecule has 0 heterocycles. The number of hydrogen-bond acceptors (Lipinski definition) is 1. The van der Waals surface area contributed by atoms with Crippen LogP contribution in [0.3, 0.4) is 0 Å². The fraction of sp³-hybridized carbons (Fsp3) is 0.417. The number of halogens is 1. The molecule has 0 N–H and O–H groups in total. The second-order valence-corrected chi connectivity index (χ2v) is 4.58. The zero-order chi connectivity index (χ0) is 10.2. The van der Waals surface area contributed by atoms with Gasteiger partial charge in [0.15, 0.2) is 6.29 Å². The van der Waals surface area contributed by atoms with Gasteiger partial charge in [0.25, 0.3) is 0 Å². The van der Waals surface area contributed by atoms with E-state index in [2.05, 4.69) is 46.9 Å². The molecular formula is C12H14IO. The Morgan fingerprint density at radius 1 is 1.07 bits per heavy atom. The first-order chi connectivity index (χ1) is 6.83. The van der Waals surface area contributed by atoms with Gasteiger partial charge < -0.3 is 0 Å². The second kappa shape index (κ2) is 6.98. The lowest BCUT2D eigenvalue weighted by molar-refractivity contribution is 0.545. The molecule has 1 rings (SSSR count). The smallest absolute Gasteiger partial charge is 0.198 e. The molecule has 1 nitrogen and oxygen atoms in total. The van der Waals surface area contributed by atoms with Crippen molar-refractivity contribution >= 4 is 28.9 Å². The van der Waals surface area contributed by atoms with Crippen molar-refractivity contribution in [3.05, 3.63) is 33.4 Å². The first-order valence-corrected chi connectivity index (χ1v) is 6.00. The van der Waals surface area contributed by atoms with E-state index >= 15 is 0 Å². The van der Waals surface area contributed by atoms with Gasteiger partial charge in [0.05, 0.1) is 0 Å². The zero-order valence-corrected chi connectivity index (χ0v) is 10.3. The van der Waals surface area contributed by atoms with Crippen LogP contribution in [0.2, 0.25) is 0 Å². The highest BCUT2D eigenvalue weighted by Crippen LogP contribution is 2.10. The molecule has 0 saturated heterocycles. The van der Waals surface area contributed by atoms with Gasteiger partial charge in [-0.1, -0.05) is 18.6 Å². The van der Waals surface area contributed by atoms with Gasteiger partial charge in [0, 0.05) is 9.99 Å². The van der Waals surface area contributed by atoms with Crippen LogP contribution in [-0.4, -0.2) is 6.29 Å². The van der Waals surface area contributed by atoms with E-state index in [1.165, 1.54) is 15.6 Å². The van der Waals surface area contributed by atoms with E-state index in [0.29, 0.717) is 6.42 Å². The first kappa shape index (κ1) is 11.7. The third kappa shape index (κ3) is 4.74. The van der Waals surface area contributed by atoms with E-state index in [1.54, 1.807) is 0 Å². The highest BCUT2D eigenvalue weighted by molar-refractivity contribution is 14.1. The summed E-state index contributed by atoms with van der Waals surface area (Å²) in [6.45, 7) is 0. The lowest BCUT2D eigenvalue weighted by Gasteiger charge is -2.00. The predicted molar refractivity (Wildman–Crippen MR) is 67.0 cm³/mol. The number of hydrogen-bond donors (Lipinski definition) is 0. The topological polar surface area (TPSA) is 17.1 Å². The van der Waals surface area contributed by atoms with Crippen molar-refractivity contribution in [1.82, 2.24) is 0 Å². The molecule has 0 spiro atoms. The highest BCUT2D eigenvalue weighted by Gasteiger charge is 1.93. The average Bonchev–Trinajstić information content (AvgIpc) is 2.21. The molecule has 0 unspecified atom stereocenters. The Labute approximate surface area is 99.0 Å². The molecule has 0 aromatic heterocycles. The fourth-order valence-corrected chi connectivity index (χ4v) is 1.71. The van der Waals surface area contributed by atoms with Crippen molar-refractivity contribution in [2.75, 3.05) is 0 Å². The summed E-state index contributed by atoms with van der Waals surface area (Å²) in [5, 5.41) is 0. The summed E-state index contributed by atoms with van der Waals surface area (Å²) < 4.78 is 1.28. The maximum atomic E-state index is 9.95. The molecule has 1 aromatic rings. The molecule has 0 aliphatic heterocycles. The summed E-state index contributed by atoms with van der Waals surface area (Å²) in [5.74, 6) is 0. The predicted octanol–water partition coefficient (Wildman–Crippen LogP) is 3.50. The zero-order valence-electron chi connectivity index (χ0n) is 8.13. The van der Waals surface area contributed by atoms with Crippen LogP contribution in [0.25, 0.3) is 0 Å². The van der Waals surface area contributed by atoms with Gasteiger partial charge in [-0.2, -0.15) is 0 Å². The lowest BCUT2D eigenvalue weighted by Crippen LogP contribution is -1.86. The van der Waals surface area contributed by atoms with Gasteiger partial charge in [0.1, 0.15) is 0 Å². The third-order valence-electron chi connectivity index (χ3n) is 2.16. The Bertz CT molecular complexity index is 266. The molecule has 0 fully saturated rings. The number of rotatable bonds is 6. The van der Waals surface area contributed by atoms with Crippen LogP contribution in [0.4, 0.5) is 0 Å². The van der Waals surface area contributed by atoms with Crippen LogP contribution in [0.5, 0.6) is 0 Å². The summed E-state index contributed by atoms with van der Waals surface area (Å²) in [6, 6.07) is 8.62. The Morgan fingerprint density at radius 3 is 2.43 bits per heavy atom. The van der Waals surface area contributed by atoms with Crippen molar-refractivity contribution in [2.45, 2.75) is 32.1 Å². The second-order valence-electron chi connectivity index (χ2n) is 3.33. The van der Waals surface area contributed by atoms with Crippen molar-refractivity contribution in [1.29, 1.82) is 0 Å². The van der Waals surface area contributed by atoms with E-state index in [4.69, 9.17) is 0 Å². The molecule has 1 aromatic carbocycles. The van der Waals surface area contributed by atoms with Crippen LogP contribution in [-0.2, 0) is 11.2 Å².